The molecule has 2 rings (SSSR count). The van der Waals surface area contributed by atoms with Gasteiger partial charge in [-0.15, -0.1) is 0 Å². The SMILES string of the molecule is O=Cc1ccc(CCSCCc2ccc(C=O)cc2)cc1.OCCOCCOCCOCCOCCOCCOCCOCCOCCOCCOCCOCCOCCOCCOCCOCCOCCOCCOCCOCCOCCOCCOCCO. The molecule has 0 aliphatic rings. The van der Waals surface area contributed by atoms with E-state index in [1.807, 2.05) is 60.3 Å². The predicted octanol–water partition coefficient (Wildman–Crippen LogP) is 3.17. The number of benzene rings is 2. The number of hydrogen-bond donors (Lipinski definition) is 2. The van der Waals surface area contributed by atoms with Crippen LogP contribution in [0.3, 0.4) is 0 Å². The van der Waals surface area contributed by atoms with Gasteiger partial charge < -0.3 is 114 Å². The third-order valence-electron chi connectivity index (χ3n) is 11.6. The van der Waals surface area contributed by atoms with Gasteiger partial charge in [0.05, 0.1) is 304 Å². The van der Waals surface area contributed by atoms with Crippen molar-refractivity contribution < 1.29 is 124 Å². The van der Waals surface area contributed by atoms with Crippen molar-refractivity contribution in [3.8, 4) is 0 Å². The minimum atomic E-state index is 0.0184. The third-order valence-corrected chi connectivity index (χ3v) is 12.6. The maximum atomic E-state index is 10.6. The second kappa shape index (κ2) is 76.2. The van der Waals surface area contributed by atoms with Crippen molar-refractivity contribution in [1.29, 1.82) is 0 Å². The highest BCUT2D eigenvalue weighted by atomic mass is 32.2. The molecule has 2 aromatic carbocycles. The predicted molar refractivity (Wildman–Crippen MR) is 341 cm³/mol. The van der Waals surface area contributed by atoms with Crippen LogP contribution in [-0.2, 0) is 117 Å². The molecule has 0 aliphatic carbocycles. The van der Waals surface area contributed by atoms with Crippen LogP contribution >= 0.6 is 11.8 Å². The second-order valence-corrected chi connectivity index (χ2v) is 20.0. The van der Waals surface area contributed by atoms with E-state index >= 15 is 0 Å². The van der Waals surface area contributed by atoms with E-state index in [0.29, 0.717) is 291 Å². The maximum absolute atomic E-state index is 10.6. The first-order valence-electron chi connectivity index (χ1n) is 31.8. The van der Waals surface area contributed by atoms with Crippen molar-refractivity contribution in [3.63, 3.8) is 0 Å². The number of carbonyl (C=O) groups excluding carboxylic acids is 2. The Bertz CT molecular complexity index is 1590. The van der Waals surface area contributed by atoms with Crippen LogP contribution in [0, 0.1) is 0 Å². The molecular weight excluding hydrogens is 1220 g/mol. The summed E-state index contributed by atoms with van der Waals surface area (Å²) in [5, 5.41) is 17.2. The van der Waals surface area contributed by atoms with Gasteiger partial charge in [-0.05, 0) is 35.5 Å². The van der Waals surface area contributed by atoms with Gasteiger partial charge in [-0.1, -0.05) is 48.5 Å². The summed E-state index contributed by atoms with van der Waals surface area (Å²) in [6, 6.07) is 15.5. The lowest BCUT2D eigenvalue weighted by Gasteiger charge is -2.09. The topological polar surface area (TPSA) is 278 Å². The van der Waals surface area contributed by atoms with Gasteiger partial charge in [0.2, 0.25) is 0 Å². The molecule has 0 saturated heterocycles. The molecule has 0 atom stereocenters. The standard InChI is InChI=1S/C46H94O24.C18H18O2S/c47-1-3-49-5-7-51-9-11-53-13-15-55-17-19-57-21-23-59-25-27-61-29-31-63-33-35-65-37-39-67-41-43-69-45-46-70-44-42-68-40-38-66-36-34-64-32-30-62-28-26-60-24-22-58-20-18-56-16-14-54-12-10-52-8-6-50-4-2-48;19-13-17-5-1-15(2-6-17)9-11-21-12-10-16-3-7-18(14-20)8-4-16/h47-48H,1-46H2;1-8,13-14H,9-12H2. The fraction of sp³-hybridized carbons (Fsp3) is 0.781. The van der Waals surface area contributed by atoms with Crippen LogP contribution in [-0.4, -0.2) is 338 Å². The summed E-state index contributed by atoms with van der Waals surface area (Å²) < 4.78 is 120. The van der Waals surface area contributed by atoms with Crippen molar-refractivity contribution in [2.24, 2.45) is 0 Å². The average molecular weight is 1330 g/mol. The molecule has 0 heterocycles. The smallest absolute Gasteiger partial charge is 0.150 e. The number of rotatable bonds is 75. The number of carbonyl (C=O) groups is 2. The molecule has 2 aromatic rings. The Kier molecular flexibility index (Phi) is 72.2. The van der Waals surface area contributed by atoms with E-state index in [2.05, 4.69) is 0 Å². The van der Waals surface area contributed by atoms with Crippen LogP contribution in [0.25, 0.3) is 0 Å². The van der Waals surface area contributed by atoms with Crippen LogP contribution in [0.1, 0.15) is 31.8 Å². The number of aldehydes is 2. The zero-order valence-corrected chi connectivity index (χ0v) is 55.0. The van der Waals surface area contributed by atoms with Crippen LogP contribution in [0.15, 0.2) is 48.5 Å². The quantitative estimate of drug-likeness (QED) is 0.0711. The minimum Gasteiger partial charge on any atom is -0.394 e. The lowest BCUT2D eigenvalue weighted by atomic mass is 10.1. The third kappa shape index (κ3) is 68.4. The highest BCUT2D eigenvalue weighted by Gasteiger charge is 2.02. The monoisotopic (exact) mass is 1330 g/mol. The molecule has 91 heavy (non-hydrogen) atoms. The van der Waals surface area contributed by atoms with E-state index in [9.17, 15) is 9.59 Å². The molecule has 0 fully saturated rings. The Morgan fingerprint density at radius 2 is 0.352 bits per heavy atom. The summed E-state index contributed by atoms with van der Waals surface area (Å²) in [6.45, 7) is 21.2. The van der Waals surface area contributed by atoms with E-state index in [-0.39, 0.29) is 13.2 Å². The molecule has 0 amide bonds. The Balaban J connectivity index is 0.00000164. The van der Waals surface area contributed by atoms with E-state index in [0.717, 1.165) is 48.0 Å². The van der Waals surface area contributed by atoms with Crippen molar-refractivity contribution in [3.05, 3.63) is 70.8 Å². The molecule has 0 radical (unpaired) electrons. The van der Waals surface area contributed by atoms with Crippen molar-refractivity contribution >= 4 is 24.3 Å². The Morgan fingerprint density at radius 1 is 0.220 bits per heavy atom. The Morgan fingerprint density at radius 3 is 0.473 bits per heavy atom. The molecule has 26 nitrogen and oxygen atoms in total. The van der Waals surface area contributed by atoms with Crippen molar-refractivity contribution in [2.75, 3.05) is 315 Å². The lowest BCUT2D eigenvalue weighted by Crippen LogP contribution is -2.16. The number of hydrogen-bond acceptors (Lipinski definition) is 27. The fourth-order valence-electron chi connectivity index (χ4n) is 6.86. The van der Waals surface area contributed by atoms with Gasteiger partial charge in [0.15, 0.2) is 0 Å². The van der Waals surface area contributed by atoms with E-state index < -0.39 is 0 Å². The first kappa shape index (κ1) is 86.2. The van der Waals surface area contributed by atoms with Gasteiger partial charge in [-0.25, -0.2) is 0 Å². The highest BCUT2D eigenvalue weighted by molar-refractivity contribution is 7.99. The molecule has 0 aromatic heterocycles. The summed E-state index contributed by atoms with van der Waals surface area (Å²) in [6.07, 6.45) is 3.78. The fourth-order valence-corrected chi connectivity index (χ4v) is 7.82. The van der Waals surface area contributed by atoms with Crippen LogP contribution in [0.4, 0.5) is 0 Å². The largest absolute Gasteiger partial charge is 0.394 e. The molecule has 0 spiro atoms. The number of aryl methyl sites for hydroxylation is 2. The molecule has 0 unspecified atom stereocenters. The van der Waals surface area contributed by atoms with Crippen LogP contribution in [0.2, 0.25) is 0 Å². The van der Waals surface area contributed by atoms with E-state index in [1.54, 1.807) is 0 Å². The zero-order chi connectivity index (χ0) is 65.0. The second-order valence-electron chi connectivity index (χ2n) is 18.8. The van der Waals surface area contributed by atoms with Crippen LogP contribution < -0.4 is 0 Å². The number of ether oxygens (including phenoxy) is 22. The molecular formula is C64H112O26S. The van der Waals surface area contributed by atoms with Crippen molar-refractivity contribution in [2.45, 2.75) is 12.8 Å². The normalized spacial score (nSPS) is 11.4. The van der Waals surface area contributed by atoms with E-state index in [4.69, 9.17) is 114 Å². The van der Waals surface area contributed by atoms with Crippen LogP contribution in [0.5, 0.6) is 0 Å². The van der Waals surface area contributed by atoms with Crippen molar-refractivity contribution in [1.82, 2.24) is 0 Å². The van der Waals surface area contributed by atoms with Gasteiger partial charge in [0.25, 0.3) is 0 Å². The van der Waals surface area contributed by atoms with Gasteiger partial charge >= 0.3 is 0 Å². The molecule has 27 heteroatoms. The molecule has 0 saturated carbocycles. The summed E-state index contributed by atoms with van der Waals surface area (Å²) in [4.78, 5) is 21.1. The summed E-state index contributed by atoms with van der Waals surface area (Å²) in [5.41, 5.74) is 3.99. The van der Waals surface area contributed by atoms with Gasteiger partial charge in [0, 0.05) is 11.1 Å². The summed E-state index contributed by atoms with van der Waals surface area (Å²) in [7, 11) is 0. The zero-order valence-electron chi connectivity index (χ0n) is 54.2. The van der Waals surface area contributed by atoms with Gasteiger partial charge in [0.1, 0.15) is 12.6 Å². The summed E-state index contributed by atoms with van der Waals surface area (Å²) in [5.74, 6) is 2.15. The Hall–Kier alpha value is -2.83. The first-order valence-corrected chi connectivity index (χ1v) is 33.0. The first-order chi connectivity index (χ1) is 45.2. The summed E-state index contributed by atoms with van der Waals surface area (Å²) >= 11 is 1.92. The molecule has 0 bridgehead atoms. The minimum absolute atomic E-state index is 0.0184. The highest BCUT2D eigenvalue weighted by Crippen LogP contribution is 2.12. The maximum Gasteiger partial charge on any atom is 0.150 e. The average Bonchev–Trinajstić information content (AvgIpc) is 3.79. The number of thioether (sulfide) groups is 1. The lowest BCUT2D eigenvalue weighted by molar-refractivity contribution is -0.0318. The van der Waals surface area contributed by atoms with Gasteiger partial charge in [-0.3, -0.25) is 9.59 Å². The number of aliphatic hydroxyl groups is 2. The van der Waals surface area contributed by atoms with E-state index in [1.165, 1.54) is 11.1 Å². The van der Waals surface area contributed by atoms with Gasteiger partial charge in [-0.2, -0.15) is 11.8 Å². The number of aliphatic hydroxyl groups excluding tert-OH is 2. The molecule has 530 valence electrons. The molecule has 2 N–H and O–H groups in total. The molecule has 0 aliphatic heterocycles. The Labute approximate surface area is 545 Å².